The molecule has 2 N–H and O–H groups in total. The predicted molar refractivity (Wildman–Crippen MR) is 62.3 cm³/mol. The topological polar surface area (TPSA) is 69.2 Å². The van der Waals surface area contributed by atoms with Crippen LogP contribution in [0.15, 0.2) is 18.2 Å². The molecule has 0 aliphatic heterocycles. The lowest BCUT2D eigenvalue weighted by Crippen LogP contribution is -2.22. The number of nitro benzene ring substituents is 1. The van der Waals surface area contributed by atoms with Gasteiger partial charge in [-0.25, -0.2) is 0 Å². The number of nitrogens with two attached hydrogens (primary N) is 1. The average Bonchev–Trinajstić information content (AvgIpc) is 2.94. The molecule has 0 unspecified atom stereocenters. The lowest BCUT2D eigenvalue weighted by Gasteiger charge is -2.08. The van der Waals surface area contributed by atoms with Crippen LogP contribution in [0.5, 0.6) is 0 Å². The third-order valence-corrected chi connectivity index (χ3v) is 3.26. The van der Waals surface area contributed by atoms with Gasteiger partial charge in [-0.05, 0) is 44.2 Å². The molecule has 2 rings (SSSR count). The summed E-state index contributed by atoms with van der Waals surface area (Å²) in [4.78, 5) is 10.3. The normalized spacial score (nSPS) is 17.1. The van der Waals surface area contributed by atoms with Crippen molar-refractivity contribution in [3.05, 3.63) is 39.4 Å². The van der Waals surface area contributed by atoms with Crippen molar-refractivity contribution in [2.45, 2.75) is 38.1 Å². The Hall–Kier alpha value is -1.42. The molecule has 0 bridgehead atoms. The summed E-state index contributed by atoms with van der Waals surface area (Å²) in [7, 11) is 0. The van der Waals surface area contributed by atoms with Gasteiger partial charge < -0.3 is 5.73 Å². The third kappa shape index (κ3) is 2.39. The van der Waals surface area contributed by atoms with E-state index in [1.165, 1.54) is 0 Å². The van der Waals surface area contributed by atoms with E-state index in [1.807, 2.05) is 12.1 Å². The van der Waals surface area contributed by atoms with Crippen LogP contribution in [0, 0.1) is 17.0 Å². The molecule has 4 heteroatoms. The first-order valence-corrected chi connectivity index (χ1v) is 5.53. The van der Waals surface area contributed by atoms with E-state index in [4.69, 9.17) is 5.73 Å². The maximum atomic E-state index is 10.6. The highest BCUT2D eigenvalue weighted by atomic mass is 16.6. The van der Waals surface area contributed by atoms with Gasteiger partial charge in [-0.1, -0.05) is 6.07 Å². The fourth-order valence-electron chi connectivity index (χ4n) is 1.88. The summed E-state index contributed by atoms with van der Waals surface area (Å²) >= 11 is 0. The van der Waals surface area contributed by atoms with E-state index in [-0.39, 0.29) is 16.1 Å². The smallest absolute Gasteiger partial charge is 0.272 e. The zero-order valence-electron chi connectivity index (χ0n) is 9.40. The Bertz CT molecular complexity index is 425. The molecule has 86 valence electrons. The Kier molecular flexibility index (Phi) is 2.68. The number of hydrogen-bond acceptors (Lipinski definition) is 3. The SMILES string of the molecule is Cc1cc(CCC2(N)CC2)ccc1[N+](=O)[O-]. The number of hydrogen-bond donors (Lipinski definition) is 1. The minimum atomic E-state index is -0.343. The third-order valence-electron chi connectivity index (χ3n) is 3.26. The second kappa shape index (κ2) is 3.87. The van der Waals surface area contributed by atoms with Crippen molar-refractivity contribution >= 4 is 5.69 Å². The minimum absolute atomic E-state index is 0.0513. The highest BCUT2D eigenvalue weighted by Gasteiger charge is 2.37. The van der Waals surface area contributed by atoms with Crippen LogP contribution in [0.1, 0.15) is 30.4 Å². The average molecular weight is 220 g/mol. The molecule has 0 spiro atoms. The largest absolute Gasteiger partial charge is 0.325 e. The first kappa shape index (κ1) is 11.1. The Morgan fingerprint density at radius 1 is 1.50 bits per heavy atom. The van der Waals surface area contributed by atoms with Gasteiger partial charge in [0.2, 0.25) is 0 Å². The van der Waals surface area contributed by atoms with Gasteiger partial charge in [0, 0.05) is 17.2 Å². The van der Waals surface area contributed by atoms with E-state index >= 15 is 0 Å². The van der Waals surface area contributed by atoms with Crippen molar-refractivity contribution < 1.29 is 4.92 Å². The van der Waals surface area contributed by atoms with Gasteiger partial charge >= 0.3 is 0 Å². The summed E-state index contributed by atoms with van der Waals surface area (Å²) in [6, 6.07) is 5.31. The van der Waals surface area contributed by atoms with Crippen LogP contribution in [0.25, 0.3) is 0 Å². The van der Waals surface area contributed by atoms with Gasteiger partial charge in [-0.2, -0.15) is 0 Å². The Morgan fingerprint density at radius 3 is 2.69 bits per heavy atom. The maximum Gasteiger partial charge on any atom is 0.272 e. The maximum absolute atomic E-state index is 10.6. The van der Waals surface area contributed by atoms with Crippen LogP contribution in [0.3, 0.4) is 0 Å². The molecular weight excluding hydrogens is 204 g/mol. The number of nitrogens with zero attached hydrogens (tertiary/aromatic N) is 1. The first-order valence-electron chi connectivity index (χ1n) is 5.53. The van der Waals surface area contributed by atoms with Crippen molar-refractivity contribution in [2.24, 2.45) is 5.73 Å². The molecule has 16 heavy (non-hydrogen) atoms. The van der Waals surface area contributed by atoms with Crippen molar-refractivity contribution in [3.63, 3.8) is 0 Å². The van der Waals surface area contributed by atoms with Gasteiger partial charge in [-0.3, -0.25) is 10.1 Å². The summed E-state index contributed by atoms with van der Waals surface area (Å²) in [5, 5.41) is 10.6. The number of aryl methyl sites for hydroxylation is 2. The van der Waals surface area contributed by atoms with Crippen molar-refractivity contribution in [1.82, 2.24) is 0 Å². The van der Waals surface area contributed by atoms with Gasteiger partial charge in [0.15, 0.2) is 0 Å². The predicted octanol–water partition coefficient (Wildman–Crippen LogP) is 2.33. The molecule has 1 aromatic rings. The van der Waals surface area contributed by atoms with Gasteiger partial charge in [-0.15, -0.1) is 0 Å². The molecule has 0 aromatic heterocycles. The zero-order chi connectivity index (χ0) is 11.8. The quantitative estimate of drug-likeness (QED) is 0.625. The summed E-state index contributed by atoms with van der Waals surface area (Å²) in [6.07, 6.45) is 4.11. The van der Waals surface area contributed by atoms with E-state index in [9.17, 15) is 10.1 Å². The van der Waals surface area contributed by atoms with Gasteiger partial charge in [0.1, 0.15) is 0 Å². The molecule has 1 aromatic carbocycles. The number of benzene rings is 1. The number of nitro groups is 1. The Morgan fingerprint density at radius 2 is 2.19 bits per heavy atom. The first-order chi connectivity index (χ1) is 7.50. The number of rotatable bonds is 4. The van der Waals surface area contributed by atoms with E-state index in [0.29, 0.717) is 0 Å². The molecule has 0 atom stereocenters. The van der Waals surface area contributed by atoms with Crippen LogP contribution in [-0.4, -0.2) is 10.5 Å². The monoisotopic (exact) mass is 220 g/mol. The molecule has 1 aliphatic carbocycles. The summed E-state index contributed by atoms with van der Waals surface area (Å²) in [5.74, 6) is 0. The molecule has 0 heterocycles. The molecule has 1 fully saturated rings. The molecule has 0 radical (unpaired) electrons. The lowest BCUT2D eigenvalue weighted by atomic mass is 10.0. The molecular formula is C12H16N2O2. The van der Waals surface area contributed by atoms with E-state index in [0.717, 1.165) is 36.8 Å². The summed E-state index contributed by atoms with van der Waals surface area (Å²) < 4.78 is 0. The van der Waals surface area contributed by atoms with Crippen molar-refractivity contribution in [3.8, 4) is 0 Å². The lowest BCUT2D eigenvalue weighted by molar-refractivity contribution is -0.385. The fraction of sp³-hybridized carbons (Fsp3) is 0.500. The van der Waals surface area contributed by atoms with E-state index < -0.39 is 0 Å². The van der Waals surface area contributed by atoms with Gasteiger partial charge in [0.25, 0.3) is 5.69 Å². The van der Waals surface area contributed by atoms with Crippen LogP contribution >= 0.6 is 0 Å². The van der Waals surface area contributed by atoms with E-state index in [2.05, 4.69) is 0 Å². The second-order valence-electron chi connectivity index (χ2n) is 4.74. The van der Waals surface area contributed by atoms with Crippen molar-refractivity contribution in [2.75, 3.05) is 0 Å². The van der Waals surface area contributed by atoms with Gasteiger partial charge in [0.05, 0.1) is 4.92 Å². The Labute approximate surface area is 94.6 Å². The molecule has 0 amide bonds. The summed E-state index contributed by atoms with van der Waals surface area (Å²) in [5.41, 5.74) is 8.11. The minimum Gasteiger partial charge on any atom is -0.325 e. The zero-order valence-corrected chi connectivity index (χ0v) is 9.40. The molecule has 1 saturated carbocycles. The van der Waals surface area contributed by atoms with Crippen LogP contribution in [0.2, 0.25) is 0 Å². The highest BCUT2D eigenvalue weighted by Crippen LogP contribution is 2.36. The Balaban J connectivity index is 2.05. The van der Waals surface area contributed by atoms with Crippen LogP contribution < -0.4 is 5.73 Å². The second-order valence-corrected chi connectivity index (χ2v) is 4.74. The van der Waals surface area contributed by atoms with Crippen LogP contribution in [-0.2, 0) is 6.42 Å². The molecule has 0 saturated heterocycles. The van der Waals surface area contributed by atoms with E-state index in [1.54, 1.807) is 13.0 Å². The molecule has 1 aliphatic rings. The van der Waals surface area contributed by atoms with Crippen LogP contribution in [0.4, 0.5) is 5.69 Å². The fourth-order valence-corrected chi connectivity index (χ4v) is 1.88. The molecule has 4 nitrogen and oxygen atoms in total. The summed E-state index contributed by atoms with van der Waals surface area (Å²) in [6.45, 7) is 1.77. The van der Waals surface area contributed by atoms with Crippen molar-refractivity contribution in [1.29, 1.82) is 0 Å². The highest BCUT2D eigenvalue weighted by molar-refractivity contribution is 5.41. The standard InChI is InChI=1S/C12H16N2O2/c1-9-8-10(2-3-11(9)14(15)16)4-5-12(13)6-7-12/h2-3,8H,4-7,13H2,1H3.